The highest BCUT2D eigenvalue weighted by atomic mass is 16.5. The van der Waals surface area contributed by atoms with E-state index in [1.807, 2.05) is 0 Å². The van der Waals surface area contributed by atoms with Gasteiger partial charge >= 0.3 is 0 Å². The topological polar surface area (TPSA) is 149 Å². The molecule has 8 heteroatoms. The van der Waals surface area contributed by atoms with Crippen LogP contribution in [0.2, 0.25) is 0 Å². The molecule has 0 aliphatic carbocycles. The number of anilines is 4. The van der Waals surface area contributed by atoms with E-state index < -0.39 is 6.23 Å². The summed E-state index contributed by atoms with van der Waals surface area (Å²) in [5, 5.41) is 21.4. The third-order valence-electron chi connectivity index (χ3n) is 3.37. The van der Waals surface area contributed by atoms with Crippen LogP contribution in [0.25, 0.3) is 0 Å². The summed E-state index contributed by atoms with van der Waals surface area (Å²) in [6.07, 6.45) is -0.246. The Morgan fingerprint density at radius 2 is 1.64 bits per heavy atom. The van der Waals surface area contributed by atoms with Crippen LogP contribution in [0.5, 0.6) is 11.5 Å². The predicted molar refractivity (Wildman–Crippen MR) is 98.4 cm³/mol. The van der Waals surface area contributed by atoms with Crippen LogP contribution in [0.4, 0.5) is 22.7 Å². The van der Waals surface area contributed by atoms with E-state index in [4.69, 9.17) is 31.8 Å². The Bertz CT molecular complexity index is 696. The highest BCUT2D eigenvalue weighted by molar-refractivity contribution is 5.63. The van der Waals surface area contributed by atoms with E-state index in [-0.39, 0.29) is 19.8 Å². The van der Waals surface area contributed by atoms with Gasteiger partial charge in [0, 0.05) is 30.5 Å². The van der Waals surface area contributed by atoms with Crippen LogP contribution in [-0.4, -0.2) is 36.3 Å². The van der Waals surface area contributed by atoms with Gasteiger partial charge in [-0.3, -0.25) is 0 Å². The molecule has 1 atom stereocenters. The van der Waals surface area contributed by atoms with E-state index in [0.29, 0.717) is 40.7 Å². The Kier molecular flexibility index (Phi) is 6.55. The molecule has 0 fully saturated rings. The molecule has 8 nitrogen and oxygen atoms in total. The van der Waals surface area contributed by atoms with Gasteiger partial charge in [-0.25, -0.2) is 0 Å². The molecule has 0 aromatic heterocycles. The molecular formula is C17H24N4O4. The standard InChI is InChI=1S/C17H24N4O4/c18-11-2-4-15(13(20)9-11)25-17(5-6-22)21-14-3-1-12(19)10-16(14)24-8-7-23/h1-4,9-10,17,21-23H,5-8,18-20H2. The third kappa shape index (κ3) is 5.33. The van der Waals surface area contributed by atoms with Crippen LogP contribution in [0.3, 0.4) is 0 Å². The number of ether oxygens (including phenoxy) is 2. The highest BCUT2D eigenvalue weighted by Gasteiger charge is 2.15. The average Bonchev–Trinajstić information content (AvgIpc) is 2.57. The number of hydrogen-bond donors (Lipinski definition) is 6. The Labute approximate surface area is 146 Å². The van der Waals surface area contributed by atoms with Crippen molar-refractivity contribution in [3.05, 3.63) is 36.4 Å². The Morgan fingerprint density at radius 1 is 0.920 bits per heavy atom. The fraction of sp³-hybridized carbons (Fsp3) is 0.294. The van der Waals surface area contributed by atoms with Crippen molar-refractivity contribution in [2.75, 3.05) is 42.3 Å². The first-order chi connectivity index (χ1) is 12.0. The van der Waals surface area contributed by atoms with Gasteiger partial charge in [-0.05, 0) is 30.3 Å². The SMILES string of the molecule is Nc1ccc(OC(CCO)Nc2ccc(N)cc2OCCO)c(N)c1. The first-order valence-electron chi connectivity index (χ1n) is 7.85. The van der Waals surface area contributed by atoms with Crippen molar-refractivity contribution < 1.29 is 19.7 Å². The van der Waals surface area contributed by atoms with Gasteiger partial charge in [0.2, 0.25) is 0 Å². The normalized spacial score (nSPS) is 11.8. The quantitative estimate of drug-likeness (QED) is 0.290. The molecule has 0 aliphatic heterocycles. The Balaban J connectivity index is 2.18. The van der Waals surface area contributed by atoms with Crippen molar-refractivity contribution in [3.8, 4) is 11.5 Å². The van der Waals surface area contributed by atoms with Crippen molar-refractivity contribution >= 4 is 22.7 Å². The summed E-state index contributed by atoms with van der Waals surface area (Å²) < 4.78 is 11.3. The van der Waals surface area contributed by atoms with Crippen LogP contribution < -0.4 is 32.0 Å². The van der Waals surface area contributed by atoms with Gasteiger partial charge in [-0.1, -0.05) is 0 Å². The maximum atomic E-state index is 9.31. The number of hydrogen-bond acceptors (Lipinski definition) is 8. The predicted octanol–water partition coefficient (Wildman–Crippen LogP) is 1.00. The zero-order valence-corrected chi connectivity index (χ0v) is 13.8. The number of nitrogen functional groups attached to an aromatic ring is 3. The first-order valence-corrected chi connectivity index (χ1v) is 7.85. The monoisotopic (exact) mass is 348 g/mol. The first kappa shape index (κ1) is 18.5. The molecule has 0 heterocycles. The minimum atomic E-state index is -0.559. The van der Waals surface area contributed by atoms with Crippen LogP contribution in [-0.2, 0) is 0 Å². The molecule has 2 aromatic carbocycles. The average molecular weight is 348 g/mol. The molecule has 0 aliphatic rings. The summed E-state index contributed by atoms with van der Waals surface area (Å²) in [7, 11) is 0. The second kappa shape index (κ2) is 8.86. The molecule has 2 aromatic rings. The summed E-state index contributed by atoms with van der Waals surface area (Å²) in [6.45, 7) is -0.0737. The van der Waals surface area contributed by atoms with Crippen LogP contribution >= 0.6 is 0 Å². The molecule has 0 amide bonds. The maximum Gasteiger partial charge on any atom is 0.172 e. The minimum absolute atomic E-state index is 0.0889. The molecule has 0 spiro atoms. The van der Waals surface area contributed by atoms with Gasteiger partial charge in [0.25, 0.3) is 0 Å². The van der Waals surface area contributed by atoms with E-state index in [9.17, 15) is 5.11 Å². The van der Waals surface area contributed by atoms with Gasteiger partial charge in [-0.2, -0.15) is 0 Å². The van der Waals surface area contributed by atoms with Crippen LogP contribution in [0, 0.1) is 0 Å². The number of benzene rings is 2. The zero-order chi connectivity index (χ0) is 18.2. The number of nitrogens with two attached hydrogens (primary N) is 3. The molecule has 0 radical (unpaired) electrons. The molecule has 0 saturated heterocycles. The summed E-state index contributed by atoms with van der Waals surface area (Å²) in [4.78, 5) is 0. The number of aliphatic hydroxyl groups is 2. The van der Waals surface area contributed by atoms with Gasteiger partial charge in [-0.15, -0.1) is 0 Å². The lowest BCUT2D eigenvalue weighted by Gasteiger charge is -2.23. The summed E-state index contributed by atoms with van der Waals surface area (Å²) in [6, 6.07) is 10.0. The van der Waals surface area contributed by atoms with Crippen LogP contribution in [0.1, 0.15) is 6.42 Å². The smallest absolute Gasteiger partial charge is 0.172 e. The molecule has 25 heavy (non-hydrogen) atoms. The van der Waals surface area contributed by atoms with Gasteiger partial charge < -0.3 is 42.2 Å². The lowest BCUT2D eigenvalue weighted by Crippen LogP contribution is -2.28. The molecular weight excluding hydrogens is 324 g/mol. The summed E-state index contributed by atoms with van der Waals surface area (Å²) >= 11 is 0. The van der Waals surface area contributed by atoms with Gasteiger partial charge in [0.05, 0.1) is 18.0 Å². The summed E-state index contributed by atoms with van der Waals surface area (Å²) in [5.41, 5.74) is 19.5. The number of rotatable bonds is 9. The van der Waals surface area contributed by atoms with E-state index >= 15 is 0 Å². The summed E-state index contributed by atoms with van der Waals surface area (Å²) in [5.74, 6) is 0.930. The van der Waals surface area contributed by atoms with Gasteiger partial charge in [0.15, 0.2) is 6.23 Å². The second-order valence-corrected chi connectivity index (χ2v) is 5.39. The fourth-order valence-corrected chi connectivity index (χ4v) is 2.21. The number of nitrogens with one attached hydrogen (secondary N) is 1. The lowest BCUT2D eigenvalue weighted by molar-refractivity contribution is 0.174. The van der Waals surface area contributed by atoms with E-state index in [1.54, 1.807) is 36.4 Å². The van der Waals surface area contributed by atoms with Crippen molar-refractivity contribution in [1.29, 1.82) is 0 Å². The molecule has 2 rings (SSSR count). The highest BCUT2D eigenvalue weighted by Crippen LogP contribution is 2.30. The minimum Gasteiger partial charge on any atom is -0.489 e. The van der Waals surface area contributed by atoms with E-state index in [1.165, 1.54) is 0 Å². The Hall–Kier alpha value is -2.84. The maximum absolute atomic E-state index is 9.31. The molecule has 0 bridgehead atoms. The van der Waals surface area contributed by atoms with Crippen LogP contribution in [0.15, 0.2) is 36.4 Å². The zero-order valence-electron chi connectivity index (χ0n) is 13.8. The Morgan fingerprint density at radius 3 is 2.32 bits per heavy atom. The van der Waals surface area contributed by atoms with E-state index in [2.05, 4.69) is 5.32 Å². The fourth-order valence-electron chi connectivity index (χ4n) is 2.21. The lowest BCUT2D eigenvalue weighted by atomic mass is 10.2. The van der Waals surface area contributed by atoms with Crippen molar-refractivity contribution in [3.63, 3.8) is 0 Å². The molecule has 0 saturated carbocycles. The number of aliphatic hydroxyl groups excluding tert-OH is 2. The largest absolute Gasteiger partial charge is 0.489 e. The second-order valence-electron chi connectivity index (χ2n) is 5.39. The third-order valence-corrected chi connectivity index (χ3v) is 3.37. The van der Waals surface area contributed by atoms with Crippen molar-refractivity contribution in [1.82, 2.24) is 0 Å². The van der Waals surface area contributed by atoms with Crippen molar-refractivity contribution in [2.45, 2.75) is 12.6 Å². The van der Waals surface area contributed by atoms with Crippen molar-refractivity contribution in [2.24, 2.45) is 0 Å². The van der Waals surface area contributed by atoms with Gasteiger partial charge in [0.1, 0.15) is 18.1 Å². The van der Waals surface area contributed by atoms with E-state index in [0.717, 1.165) is 0 Å². The molecule has 1 unspecified atom stereocenters. The molecule has 136 valence electrons. The molecule has 9 N–H and O–H groups in total.